The fraction of sp³-hybridized carbons (Fsp3) is 0.500. The number of rotatable bonds is 5. The van der Waals surface area contributed by atoms with E-state index in [-0.39, 0.29) is 6.04 Å². The van der Waals surface area contributed by atoms with Crippen molar-refractivity contribution in [3.63, 3.8) is 0 Å². The van der Waals surface area contributed by atoms with Gasteiger partial charge in [0, 0.05) is 43.7 Å². The van der Waals surface area contributed by atoms with Gasteiger partial charge in [-0.15, -0.1) is 11.3 Å². The summed E-state index contributed by atoms with van der Waals surface area (Å²) < 4.78 is 2.04. The Morgan fingerprint density at radius 3 is 2.94 bits per heavy atom. The van der Waals surface area contributed by atoms with Gasteiger partial charge in [-0.1, -0.05) is 0 Å². The van der Waals surface area contributed by atoms with E-state index in [4.69, 9.17) is 5.73 Å². The summed E-state index contributed by atoms with van der Waals surface area (Å²) in [6.45, 7) is 2.02. The number of hydrogen-bond donors (Lipinski definition) is 1. The minimum absolute atomic E-state index is 0.160. The first-order chi connectivity index (χ1) is 8.15. The number of imidazole rings is 1. The minimum Gasteiger partial charge on any atom is -0.338 e. The lowest BCUT2D eigenvalue weighted by atomic mass is 10.1. The molecule has 1 atom stereocenters. The average Bonchev–Trinajstić information content (AvgIpc) is 2.85. The van der Waals surface area contributed by atoms with Gasteiger partial charge in [-0.05, 0) is 13.3 Å². The van der Waals surface area contributed by atoms with E-state index in [1.807, 2.05) is 30.9 Å². The van der Waals surface area contributed by atoms with Crippen LogP contribution in [0.5, 0.6) is 0 Å². The summed E-state index contributed by atoms with van der Waals surface area (Å²) >= 11 is 1.68. The quantitative estimate of drug-likeness (QED) is 0.878. The van der Waals surface area contributed by atoms with Crippen molar-refractivity contribution in [2.75, 3.05) is 0 Å². The Bertz CT molecular complexity index is 474. The molecular formula is C12H18N4S. The standard InChI is InChI=1S/C12H18N4S/c1-9-15-11(8-17-9)7-10(13)3-4-12-14-5-6-16(12)2/h5-6,8,10H,3-4,7,13H2,1-2H3. The molecular weight excluding hydrogens is 232 g/mol. The maximum absolute atomic E-state index is 6.11. The Morgan fingerprint density at radius 2 is 2.35 bits per heavy atom. The molecule has 0 spiro atoms. The van der Waals surface area contributed by atoms with Crippen molar-refractivity contribution >= 4 is 11.3 Å². The first-order valence-corrected chi connectivity index (χ1v) is 6.66. The van der Waals surface area contributed by atoms with E-state index in [9.17, 15) is 0 Å². The molecule has 0 aliphatic rings. The lowest BCUT2D eigenvalue weighted by Gasteiger charge is -2.09. The third-order valence-electron chi connectivity index (χ3n) is 2.80. The third kappa shape index (κ3) is 3.38. The van der Waals surface area contributed by atoms with Gasteiger partial charge >= 0.3 is 0 Å². The van der Waals surface area contributed by atoms with Gasteiger partial charge in [0.1, 0.15) is 5.82 Å². The van der Waals surface area contributed by atoms with Crippen LogP contribution >= 0.6 is 11.3 Å². The van der Waals surface area contributed by atoms with Crippen molar-refractivity contribution in [1.29, 1.82) is 0 Å². The SMILES string of the molecule is Cc1nc(CC(N)CCc2nccn2C)cs1. The van der Waals surface area contributed by atoms with Gasteiger partial charge in [-0.25, -0.2) is 9.97 Å². The fourth-order valence-electron chi connectivity index (χ4n) is 1.82. The topological polar surface area (TPSA) is 56.7 Å². The van der Waals surface area contributed by atoms with Crippen molar-refractivity contribution in [1.82, 2.24) is 14.5 Å². The molecule has 0 fully saturated rings. The molecule has 2 rings (SSSR count). The Labute approximate surface area is 106 Å². The van der Waals surface area contributed by atoms with Crippen molar-refractivity contribution < 1.29 is 0 Å². The molecule has 0 aliphatic heterocycles. The van der Waals surface area contributed by atoms with Gasteiger partial charge in [0.05, 0.1) is 10.7 Å². The summed E-state index contributed by atoms with van der Waals surface area (Å²) in [4.78, 5) is 8.72. The lowest BCUT2D eigenvalue weighted by Crippen LogP contribution is -2.24. The lowest BCUT2D eigenvalue weighted by molar-refractivity contribution is 0.584. The third-order valence-corrected chi connectivity index (χ3v) is 3.62. The summed E-state index contributed by atoms with van der Waals surface area (Å²) in [7, 11) is 2.01. The number of aryl methyl sites for hydroxylation is 3. The van der Waals surface area contributed by atoms with Crippen molar-refractivity contribution in [2.24, 2.45) is 12.8 Å². The van der Waals surface area contributed by atoms with Crippen LogP contribution in [0.3, 0.4) is 0 Å². The Hall–Kier alpha value is -1.20. The van der Waals surface area contributed by atoms with E-state index in [0.717, 1.165) is 35.8 Å². The number of hydrogen-bond acceptors (Lipinski definition) is 4. The zero-order valence-electron chi connectivity index (χ0n) is 10.3. The highest BCUT2D eigenvalue weighted by atomic mass is 32.1. The highest BCUT2D eigenvalue weighted by Crippen LogP contribution is 2.11. The van der Waals surface area contributed by atoms with E-state index >= 15 is 0 Å². The van der Waals surface area contributed by atoms with Crippen LogP contribution in [0.1, 0.15) is 22.9 Å². The number of thiazole rings is 1. The van der Waals surface area contributed by atoms with E-state index in [1.165, 1.54) is 0 Å². The maximum atomic E-state index is 6.11. The highest BCUT2D eigenvalue weighted by molar-refractivity contribution is 7.09. The molecule has 0 aromatic carbocycles. The molecule has 2 aromatic heterocycles. The first-order valence-electron chi connectivity index (χ1n) is 5.78. The van der Waals surface area contributed by atoms with Gasteiger partial charge in [0.2, 0.25) is 0 Å². The first kappa shape index (κ1) is 12.3. The van der Waals surface area contributed by atoms with E-state index in [2.05, 4.69) is 15.3 Å². The highest BCUT2D eigenvalue weighted by Gasteiger charge is 2.08. The zero-order chi connectivity index (χ0) is 12.3. The van der Waals surface area contributed by atoms with Crippen LogP contribution in [-0.2, 0) is 19.9 Å². The Morgan fingerprint density at radius 1 is 1.53 bits per heavy atom. The monoisotopic (exact) mass is 250 g/mol. The van der Waals surface area contributed by atoms with Crippen LogP contribution < -0.4 is 5.73 Å². The number of aromatic nitrogens is 3. The molecule has 0 aliphatic carbocycles. The molecule has 0 saturated carbocycles. The maximum Gasteiger partial charge on any atom is 0.108 e. The predicted octanol–water partition coefficient (Wildman–Crippen LogP) is 1.69. The summed E-state index contributed by atoms with van der Waals surface area (Å²) in [5.41, 5.74) is 7.22. The van der Waals surface area contributed by atoms with Crippen LogP contribution in [0, 0.1) is 6.92 Å². The molecule has 2 heterocycles. The average molecular weight is 250 g/mol. The van der Waals surface area contributed by atoms with Crippen LogP contribution in [0.25, 0.3) is 0 Å². The smallest absolute Gasteiger partial charge is 0.108 e. The second-order valence-corrected chi connectivity index (χ2v) is 5.38. The fourth-order valence-corrected chi connectivity index (χ4v) is 2.45. The van der Waals surface area contributed by atoms with Crippen LogP contribution in [0.4, 0.5) is 0 Å². The second kappa shape index (κ2) is 5.42. The van der Waals surface area contributed by atoms with Gasteiger partial charge in [0.25, 0.3) is 0 Å². The molecule has 2 N–H and O–H groups in total. The van der Waals surface area contributed by atoms with E-state index < -0.39 is 0 Å². The number of nitrogens with two attached hydrogens (primary N) is 1. The molecule has 0 amide bonds. The normalized spacial score (nSPS) is 12.9. The summed E-state index contributed by atoms with van der Waals surface area (Å²) in [5.74, 6) is 1.09. The van der Waals surface area contributed by atoms with Crippen molar-refractivity contribution in [3.8, 4) is 0 Å². The summed E-state index contributed by atoms with van der Waals surface area (Å²) in [5, 5.41) is 3.20. The van der Waals surface area contributed by atoms with Crippen molar-refractivity contribution in [3.05, 3.63) is 34.3 Å². The Kier molecular flexibility index (Phi) is 3.91. The van der Waals surface area contributed by atoms with E-state index in [1.54, 1.807) is 11.3 Å². The van der Waals surface area contributed by atoms with Gasteiger partial charge in [-0.2, -0.15) is 0 Å². The second-order valence-electron chi connectivity index (χ2n) is 4.32. The van der Waals surface area contributed by atoms with E-state index in [0.29, 0.717) is 0 Å². The molecule has 5 heteroatoms. The van der Waals surface area contributed by atoms with Crippen LogP contribution in [-0.4, -0.2) is 20.6 Å². The minimum atomic E-state index is 0.160. The zero-order valence-corrected chi connectivity index (χ0v) is 11.1. The summed E-state index contributed by atoms with van der Waals surface area (Å²) in [6.07, 6.45) is 6.51. The molecule has 0 radical (unpaired) electrons. The molecule has 0 bridgehead atoms. The Balaban J connectivity index is 1.82. The van der Waals surface area contributed by atoms with Crippen LogP contribution in [0.2, 0.25) is 0 Å². The largest absolute Gasteiger partial charge is 0.338 e. The molecule has 92 valence electrons. The van der Waals surface area contributed by atoms with Crippen molar-refractivity contribution in [2.45, 2.75) is 32.2 Å². The molecule has 2 aromatic rings. The summed E-state index contributed by atoms with van der Waals surface area (Å²) in [6, 6.07) is 0.160. The van der Waals surface area contributed by atoms with Gasteiger partial charge in [0.15, 0.2) is 0 Å². The number of nitrogens with zero attached hydrogens (tertiary/aromatic N) is 3. The predicted molar refractivity (Wildman–Crippen MR) is 70.1 cm³/mol. The molecule has 1 unspecified atom stereocenters. The molecule has 17 heavy (non-hydrogen) atoms. The van der Waals surface area contributed by atoms with Gasteiger partial charge in [-0.3, -0.25) is 0 Å². The molecule has 0 saturated heterocycles. The molecule has 4 nitrogen and oxygen atoms in total. The van der Waals surface area contributed by atoms with Gasteiger partial charge < -0.3 is 10.3 Å². The van der Waals surface area contributed by atoms with Crippen LogP contribution in [0.15, 0.2) is 17.8 Å².